The van der Waals surface area contributed by atoms with Crippen LogP contribution in [0.25, 0.3) is 10.9 Å². The van der Waals surface area contributed by atoms with Crippen LogP contribution >= 0.6 is 0 Å². The van der Waals surface area contributed by atoms with Gasteiger partial charge >= 0.3 is 11.9 Å². The molecule has 2 rings (SSSR count). The highest BCUT2D eigenvalue weighted by atomic mass is 16.4. The van der Waals surface area contributed by atoms with Crippen LogP contribution in [-0.4, -0.2) is 86.8 Å². The number of aliphatic hydroxyl groups excluding tert-OH is 1. The van der Waals surface area contributed by atoms with E-state index in [2.05, 4.69) is 20.9 Å². The second-order valence-electron chi connectivity index (χ2n) is 9.24. The Labute approximate surface area is 224 Å². The van der Waals surface area contributed by atoms with Crippen molar-refractivity contribution in [3.63, 3.8) is 0 Å². The smallest absolute Gasteiger partial charge is 0.326 e. The summed E-state index contributed by atoms with van der Waals surface area (Å²) in [5.74, 6) is -5.54. The molecule has 0 saturated carbocycles. The van der Waals surface area contributed by atoms with Crippen LogP contribution in [0.5, 0.6) is 0 Å². The minimum Gasteiger partial charge on any atom is -0.481 e. The van der Waals surface area contributed by atoms with Crippen LogP contribution in [-0.2, 0) is 30.4 Å². The highest BCUT2D eigenvalue weighted by Gasteiger charge is 2.33. The van der Waals surface area contributed by atoms with Gasteiger partial charge in [-0.25, -0.2) is 4.79 Å². The number of amides is 3. The molecule has 14 nitrogen and oxygen atoms in total. The van der Waals surface area contributed by atoms with E-state index in [1.807, 2.05) is 24.3 Å². The van der Waals surface area contributed by atoms with Crippen molar-refractivity contribution in [3.8, 4) is 0 Å². The highest BCUT2D eigenvalue weighted by molar-refractivity contribution is 5.95. The third-order valence-corrected chi connectivity index (χ3v) is 6.09. The van der Waals surface area contributed by atoms with Gasteiger partial charge in [-0.15, -0.1) is 0 Å². The number of hydrogen-bond donors (Lipinski definition) is 9. The van der Waals surface area contributed by atoms with Crippen molar-refractivity contribution >= 4 is 40.6 Å². The van der Waals surface area contributed by atoms with Crippen molar-refractivity contribution in [2.75, 3.05) is 6.54 Å². The van der Waals surface area contributed by atoms with Gasteiger partial charge in [-0.05, 0) is 50.8 Å². The number of fused-ring (bicyclic) bond motifs is 1. The first-order valence-electron chi connectivity index (χ1n) is 12.5. The molecule has 0 aliphatic rings. The average molecular weight is 549 g/mol. The number of carboxylic acids is 2. The maximum Gasteiger partial charge on any atom is 0.326 e. The number of unbranched alkanes of at least 4 members (excludes halogenated alkanes) is 1. The number of aliphatic carboxylic acids is 2. The summed E-state index contributed by atoms with van der Waals surface area (Å²) in [6.45, 7) is 1.58. The molecule has 14 heteroatoms. The average Bonchev–Trinajstić information content (AvgIpc) is 3.28. The number of carboxylic acid groups (broad SMARTS) is 2. The fourth-order valence-electron chi connectivity index (χ4n) is 3.97. The highest BCUT2D eigenvalue weighted by Crippen LogP contribution is 2.18. The standard InChI is InChI=1S/C25H36N6O8/c1-13(32)21(31-22(35)16(27)10-14-12-28-17-7-3-2-6-15(14)17)24(37)29-18(8-4-5-9-26)23(36)30-19(25(38)39)11-20(33)34/h2-3,6-7,12-13,16,18-19,21,28,32H,4-5,8-11,26-27H2,1H3,(H,29,37)(H,30,36)(H,31,35)(H,33,34)(H,38,39). The fourth-order valence-corrected chi connectivity index (χ4v) is 3.97. The first kappa shape index (κ1) is 31.2. The second kappa shape index (κ2) is 14.8. The summed E-state index contributed by atoms with van der Waals surface area (Å²) in [7, 11) is 0. The number of rotatable bonds is 16. The van der Waals surface area contributed by atoms with Gasteiger partial charge in [0.15, 0.2) is 0 Å². The van der Waals surface area contributed by atoms with Gasteiger partial charge in [0.25, 0.3) is 0 Å². The van der Waals surface area contributed by atoms with Crippen molar-refractivity contribution in [1.29, 1.82) is 0 Å². The van der Waals surface area contributed by atoms with E-state index in [1.165, 1.54) is 6.92 Å². The van der Waals surface area contributed by atoms with Gasteiger partial charge < -0.3 is 47.7 Å². The zero-order chi connectivity index (χ0) is 29.1. The molecular formula is C25H36N6O8. The van der Waals surface area contributed by atoms with Crippen LogP contribution in [0.3, 0.4) is 0 Å². The predicted octanol–water partition coefficient (Wildman–Crippen LogP) is -1.44. The largest absolute Gasteiger partial charge is 0.481 e. The number of nitrogens with two attached hydrogens (primary N) is 2. The monoisotopic (exact) mass is 548 g/mol. The van der Waals surface area contributed by atoms with Crippen LogP contribution in [0, 0.1) is 0 Å². The minimum absolute atomic E-state index is 0.0503. The minimum atomic E-state index is -1.72. The number of aromatic nitrogens is 1. The Morgan fingerprint density at radius 2 is 1.62 bits per heavy atom. The SMILES string of the molecule is CC(O)C(NC(=O)C(N)Cc1c[nH]c2ccccc12)C(=O)NC(CCCCN)C(=O)NC(CC(=O)O)C(=O)O. The lowest BCUT2D eigenvalue weighted by atomic mass is 10.0. The van der Waals surface area contributed by atoms with Crippen molar-refractivity contribution in [1.82, 2.24) is 20.9 Å². The number of nitrogens with one attached hydrogen (secondary N) is 4. The van der Waals surface area contributed by atoms with Crippen LogP contribution in [0.2, 0.25) is 0 Å². The number of para-hydroxylation sites is 1. The molecule has 5 unspecified atom stereocenters. The second-order valence-corrected chi connectivity index (χ2v) is 9.24. The maximum atomic E-state index is 13.0. The Morgan fingerprint density at radius 1 is 0.949 bits per heavy atom. The summed E-state index contributed by atoms with van der Waals surface area (Å²) in [5.41, 5.74) is 13.2. The zero-order valence-corrected chi connectivity index (χ0v) is 21.6. The molecule has 3 amide bonds. The molecule has 2 aromatic rings. The normalized spacial score (nSPS) is 15.0. The van der Waals surface area contributed by atoms with Gasteiger partial charge in [-0.3, -0.25) is 19.2 Å². The number of aliphatic hydroxyl groups is 1. The molecule has 0 aliphatic carbocycles. The number of benzene rings is 1. The van der Waals surface area contributed by atoms with Gasteiger partial charge in [0.1, 0.15) is 18.1 Å². The molecule has 0 bridgehead atoms. The van der Waals surface area contributed by atoms with E-state index in [0.29, 0.717) is 19.4 Å². The molecule has 0 spiro atoms. The summed E-state index contributed by atoms with van der Waals surface area (Å²) >= 11 is 0. The molecule has 11 N–H and O–H groups in total. The van der Waals surface area contributed by atoms with E-state index in [0.717, 1.165) is 16.5 Å². The van der Waals surface area contributed by atoms with E-state index in [-0.39, 0.29) is 12.8 Å². The van der Waals surface area contributed by atoms with Gasteiger partial charge in [-0.1, -0.05) is 18.2 Å². The topological polar surface area (TPSA) is 250 Å². The molecule has 214 valence electrons. The van der Waals surface area contributed by atoms with E-state index in [1.54, 1.807) is 6.20 Å². The summed E-state index contributed by atoms with van der Waals surface area (Å²) < 4.78 is 0. The Bertz CT molecular complexity index is 1170. The number of carbonyl (C=O) groups excluding carboxylic acids is 3. The summed E-state index contributed by atoms with van der Waals surface area (Å²) in [6, 6.07) is 1.91. The molecule has 0 fully saturated rings. The molecule has 0 saturated heterocycles. The number of H-pyrrole nitrogens is 1. The number of aromatic amines is 1. The van der Waals surface area contributed by atoms with Gasteiger partial charge in [0.2, 0.25) is 17.7 Å². The molecule has 5 atom stereocenters. The molecule has 0 radical (unpaired) electrons. The lowest BCUT2D eigenvalue weighted by molar-refractivity contribution is -0.147. The molecule has 1 heterocycles. The Balaban J connectivity index is 2.11. The van der Waals surface area contributed by atoms with Gasteiger partial charge in [-0.2, -0.15) is 0 Å². The van der Waals surface area contributed by atoms with Crippen LogP contribution in [0.1, 0.15) is 38.2 Å². The quantitative estimate of drug-likeness (QED) is 0.110. The Hall–Kier alpha value is -4.01. The van der Waals surface area contributed by atoms with Crippen molar-refractivity contribution in [3.05, 3.63) is 36.0 Å². The van der Waals surface area contributed by atoms with Crippen molar-refractivity contribution in [2.45, 2.75) is 69.3 Å². The fraction of sp³-hybridized carbons (Fsp3) is 0.480. The zero-order valence-electron chi connectivity index (χ0n) is 21.6. The van der Waals surface area contributed by atoms with E-state index < -0.39 is 66.4 Å². The van der Waals surface area contributed by atoms with E-state index in [4.69, 9.17) is 16.6 Å². The third-order valence-electron chi connectivity index (χ3n) is 6.09. The summed E-state index contributed by atoms with van der Waals surface area (Å²) in [6.07, 6.45) is 0.564. The molecule has 39 heavy (non-hydrogen) atoms. The first-order valence-corrected chi connectivity index (χ1v) is 12.5. The third kappa shape index (κ3) is 9.35. The molecule has 0 aliphatic heterocycles. The maximum absolute atomic E-state index is 13.0. The Morgan fingerprint density at radius 3 is 2.23 bits per heavy atom. The van der Waals surface area contributed by atoms with Crippen LogP contribution in [0.4, 0.5) is 0 Å². The summed E-state index contributed by atoms with van der Waals surface area (Å²) in [5, 5.41) is 36.2. The number of carbonyl (C=O) groups is 5. The van der Waals surface area contributed by atoms with E-state index in [9.17, 15) is 34.2 Å². The lowest BCUT2D eigenvalue weighted by Gasteiger charge is -2.26. The van der Waals surface area contributed by atoms with Crippen LogP contribution in [0.15, 0.2) is 30.5 Å². The number of hydrogen-bond acceptors (Lipinski definition) is 8. The lowest BCUT2D eigenvalue weighted by Crippen LogP contribution is -2.60. The molecular weight excluding hydrogens is 512 g/mol. The van der Waals surface area contributed by atoms with Crippen LogP contribution < -0.4 is 27.4 Å². The summed E-state index contributed by atoms with van der Waals surface area (Å²) in [4.78, 5) is 64.1. The molecule has 1 aromatic carbocycles. The van der Waals surface area contributed by atoms with Crippen molar-refractivity contribution in [2.24, 2.45) is 11.5 Å². The van der Waals surface area contributed by atoms with Crippen molar-refractivity contribution < 1.29 is 39.3 Å². The van der Waals surface area contributed by atoms with Gasteiger partial charge in [0.05, 0.1) is 18.6 Å². The predicted molar refractivity (Wildman–Crippen MR) is 140 cm³/mol. The molecule has 1 aromatic heterocycles. The van der Waals surface area contributed by atoms with Gasteiger partial charge in [0, 0.05) is 17.1 Å². The van der Waals surface area contributed by atoms with E-state index >= 15 is 0 Å². The Kier molecular flexibility index (Phi) is 11.8. The first-order chi connectivity index (χ1) is 18.4.